The number of hydrogen-bond acceptors (Lipinski definition) is 3. The fourth-order valence-electron chi connectivity index (χ4n) is 3.10. The highest BCUT2D eigenvalue weighted by Crippen LogP contribution is 2.30. The van der Waals surface area contributed by atoms with Crippen molar-refractivity contribution < 1.29 is 9.90 Å². The van der Waals surface area contributed by atoms with E-state index in [-0.39, 0.29) is 17.7 Å². The molecule has 3 aromatic rings. The number of benzene rings is 2. The van der Waals surface area contributed by atoms with Crippen molar-refractivity contribution in [3.8, 4) is 5.75 Å². The predicted molar refractivity (Wildman–Crippen MR) is 98.8 cm³/mol. The second kappa shape index (κ2) is 7.04. The standard InChI is InChI=1S/C21H21N3O2/c25-20-8-4-7-17(11-20)14-24(19-9-10-19)21(26)18-12-22-23(15-18)13-16-5-2-1-3-6-16/h1-8,11-12,15,19,25H,9-10,13-14H2. The molecule has 0 atom stereocenters. The van der Waals surface area contributed by atoms with Gasteiger partial charge in [-0.25, -0.2) is 0 Å². The Labute approximate surface area is 152 Å². The average molecular weight is 347 g/mol. The van der Waals surface area contributed by atoms with Crippen LogP contribution < -0.4 is 0 Å². The summed E-state index contributed by atoms with van der Waals surface area (Å²) in [6.45, 7) is 1.14. The van der Waals surface area contributed by atoms with E-state index in [2.05, 4.69) is 5.10 Å². The van der Waals surface area contributed by atoms with Gasteiger partial charge in [-0.05, 0) is 36.1 Å². The number of nitrogens with zero attached hydrogens (tertiary/aromatic N) is 3. The molecule has 1 N–H and O–H groups in total. The quantitative estimate of drug-likeness (QED) is 0.743. The summed E-state index contributed by atoms with van der Waals surface area (Å²) in [5, 5.41) is 14.0. The SMILES string of the molecule is O=C(c1cnn(Cc2ccccc2)c1)N(Cc1cccc(O)c1)C1CC1. The molecule has 5 nitrogen and oxygen atoms in total. The van der Waals surface area contributed by atoms with Gasteiger partial charge in [0, 0.05) is 18.8 Å². The van der Waals surface area contributed by atoms with Crippen LogP contribution in [0, 0.1) is 0 Å². The van der Waals surface area contributed by atoms with Crippen LogP contribution in [0.3, 0.4) is 0 Å². The zero-order valence-corrected chi connectivity index (χ0v) is 14.5. The summed E-state index contributed by atoms with van der Waals surface area (Å²) in [5.74, 6) is 0.219. The molecule has 1 heterocycles. The number of carbonyl (C=O) groups excluding carboxylic acids is 1. The van der Waals surface area contributed by atoms with Gasteiger partial charge >= 0.3 is 0 Å². The molecule has 0 unspecified atom stereocenters. The van der Waals surface area contributed by atoms with E-state index >= 15 is 0 Å². The zero-order chi connectivity index (χ0) is 17.9. The van der Waals surface area contributed by atoms with Gasteiger partial charge in [0.1, 0.15) is 5.75 Å². The summed E-state index contributed by atoms with van der Waals surface area (Å²) in [5.41, 5.74) is 2.68. The smallest absolute Gasteiger partial charge is 0.257 e. The minimum atomic E-state index is -0.00449. The Morgan fingerprint density at radius 2 is 1.88 bits per heavy atom. The van der Waals surface area contributed by atoms with Gasteiger partial charge in [-0.15, -0.1) is 0 Å². The molecule has 0 aliphatic heterocycles. The molecule has 1 amide bonds. The van der Waals surface area contributed by atoms with Crippen LogP contribution in [-0.2, 0) is 13.1 Å². The molecule has 2 aromatic carbocycles. The monoisotopic (exact) mass is 347 g/mol. The Morgan fingerprint density at radius 3 is 2.62 bits per heavy atom. The van der Waals surface area contributed by atoms with Gasteiger partial charge in [-0.3, -0.25) is 9.48 Å². The maximum atomic E-state index is 13.0. The summed E-state index contributed by atoms with van der Waals surface area (Å²) in [4.78, 5) is 14.9. The third-order valence-corrected chi connectivity index (χ3v) is 4.58. The van der Waals surface area contributed by atoms with Crippen LogP contribution in [0.25, 0.3) is 0 Å². The van der Waals surface area contributed by atoms with Crippen molar-refractivity contribution in [1.82, 2.24) is 14.7 Å². The normalized spacial score (nSPS) is 13.5. The molecule has 0 saturated heterocycles. The number of rotatable bonds is 6. The molecule has 0 radical (unpaired) electrons. The van der Waals surface area contributed by atoms with Gasteiger partial charge in [-0.2, -0.15) is 5.10 Å². The number of phenols is 1. The highest BCUT2D eigenvalue weighted by atomic mass is 16.3. The predicted octanol–water partition coefficient (Wildman–Crippen LogP) is 3.44. The number of aromatic hydroxyl groups is 1. The Hall–Kier alpha value is -3.08. The van der Waals surface area contributed by atoms with Gasteiger partial charge in [0.2, 0.25) is 0 Å². The van der Waals surface area contributed by atoms with Crippen LogP contribution in [-0.4, -0.2) is 31.7 Å². The average Bonchev–Trinajstić information content (AvgIpc) is 3.39. The molecule has 0 spiro atoms. The Balaban J connectivity index is 1.49. The fraction of sp³-hybridized carbons (Fsp3) is 0.238. The van der Waals surface area contributed by atoms with Crippen LogP contribution >= 0.6 is 0 Å². The lowest BCUT2D eigenvalue weighted by Crippen LogP contribution is -2.32. The van der Waals surface area contributed by atoms with Crippen molar-refractivity contribution in [3.63, 3.8) is 0 Å². The summed E-state index contributed by atoms with van der Waals surface area (Å²) in [6.07, 6.45) is 5.52. The van der Waals surface area contributed by atoms with E-state index in [4.69, 9.17) is 0 Å². The van der Waals surface area contributed by atoms with E-state index in [1.807, 2.05) is 47.5 Å². The molecule has 26 heavy (non-hydrogen) atoms. The van der Waals surface area contributed by atoms with Crippen molar-refractivity contribution in [1.29, 1.82) is 0 Å². The van der Waals surface area contributed by atoms with Crippen molar-refractivity contribution in [2.45, 2.75) is 32.0 Å². The van der Waals surface area contributed by atoms with Crippen LogP contribution in [0.2, 0.25) is 0 Å². The van der Waals surface area contributed by atoms with E-state index in [0.29, 0.717) is 18.7 Å². The largest absolute Gasteiger partial charge is 0.508 e. The molecule has 1 aromatic heterocycles. The first-order valence-electron chi connectivity index (χ1n) is 8.84. The van der Waals surface area contributed by atoms with Gasteiger partial charge in [-0.1, -0.05) is 42.5 Å². The topological polar surface area (TPSA) is 58.4 Å². The molecule has 132 valence electrons. The molecule has 1 aliphatic carbocycles. The van der Waals surface area contributed by atoms with Gasteiger partial charge in [0.25, 0.3) is 5.91 Å². The van der Waals surface area contributed by atoms with E-state index in [9.17, 15) is 9.90 Å². The van der Waals surface area contributed by atoms with Crippen LogP contribution in [0.4, 0.5) is 0 Å². The molecular weight excluding hydrogens is 326 g/mol. The second-order valence-electron chi connectivity index (χ2n) is 6.75. The van der Waals surface area contributed by atoms with Crippen molar-refractivity contribution >= 4 is 5.91 Å². The highest BCUT2D eigenvalue weighted by Gasteiger charge is 2.33. The number of carbonyl (C=O) groups is 1. The zero-order valence-electron chi connectivity index (χ0n) is 14.5. The lowest BCUT2D eigenvalue weighted by molar-refractivity contribution is 0.0729. The van der Waals surface area contributed by atoms with E-state index in [1.165, 1.54) is 0 Å². The minimum absolute atomic E-state index is 0.00449. The molecule has 1 aliphatic rings. The van der Waals surface area contributed by atoms with Crippen LogP contribution in [0.1, 0.15) is 34.3 Å². The molecular formula is C21H21N3O2. The van der Waals surface area contributed by atoms with E-state index < -0.39 is 0 Å². The Morgan fingerprint density at radius 1 is 1.12 bits per heavy atom. The van der Waals surface area contributed by atoms with Gasteiger partial charge in [0.15, 0.2) is 0 Å². The highest BCUT2D eigenvalue weighted by molar-refractivity contribution is 5.94. The molecule has 0 bridgehead atoms. The number of aromatic nitrogens is 2. The van der Waals surface area contributed by atoms with Crippen LogP contribution in [0.15, 0.2) is 67.0 Å². The number of amides is 1. The lowest BCUT2D eigenvalue weighted by atomic mass is 10.2. The fourth-order valence-corrected chi connectivity index (χ4v) is 3.10. The second-order valence-corrected chi connectivity index (χ2v) is 6.75. The summed E-state index contributed by atoms with van der Waals surface area (Å²) >= 11 is 0. The van der Waals surface area contributed by atoms with Gasteiger partial charge in [0.05, 0.1) is 18.3 Å². The number of phenolic OH excluding ortho intramolecular Hbond substituents is 1. The Bertz CT molecular complexity index is 900. The van der Waals surface area contributed by atoms with Crippen molar-refractivity contribution in [3.05, 3.63) is 83.7 Å². The summed E-state index contributed by atoms with van der Waals surface area (Å²) < 4.78 is 1.79. The minimum Gasteiger partial charge on any atom is -0.508 e. The maximum absolute atomic E-state index is 13.0. The number of hydrogen-bond donors (Lipinski definition) is 1. The lowest BCUT2D eigenvalue weighted by Gasteiger charge is -2.22. The van der Waals surface area contributed by atoms with Crippen molar-refractivity contribution in [2.24, 2.45) is 0 Å². The molecule has 1 saturated carbocycles. The first kappa shape index (κ1) is 16.4. The van der Waals surface area contributed by atoms with Crippen LogP contribution in [0.5, 0.6) is 5.75 Å². The maximum Gasteiger partial charge on any atom is 0.257 e. The first-order valence-corrected chi connectivity index (χ1v) is 8.84. The van der Waals surface area contributed by atoms with Crippen molar-refractivity contribution in [2.75, 3.05) is 0 Å². The van der Waals surface area contributed by atoms with E-state index in [1.54, 1.807) is 29.1 Å². The third-order valence-electron chi connectivity index (χ3n) is 4.58. The molecule has 1 fully saturated rings. The molecule has 5 heteroatoms. The first-order chi connectivity index (χ1) is 12.7. The Kier molecular flexibility index (Phi) is 4.44. The summed E-state index contributed by atoms with van der Waals surface area (Å²) in [6, 6.07) is 17.4. The molecule has 4 rings (SSSR count). The van der Waals surface area contributed by atoms with E-state index in [0.717, 1.165) is 24.0 Å². The third kappa shape index (κ3) is 3.77. The summed E-state index contributed by atoms with van der Waals surface area (Å²) in [7, 11) is 0. The van der Waals surface area contributed by atoms with Gasteiger partial charge < -0.3 is 10.0 Å².